The van der Waals surface area contributed by atoms with Crippen LogP contribution in [0.1, 0.15) is 32.3 Å². The maximum Gasteiger partial charge on any atom is 0.495 e. The van der Waals surface area contributed by atoms with Gasteiger partial charge < -0.3 is 14.0 Å². The first-order valence-corrected chi connectivity index (χ1v) is 10.2. The monoisotopic (exact) mass is 462 g/mol. The van der Waals surface area contributed by atoms with Crippen molar-refractivity contribution in [3.63, 3.8) is 0 Å². The van der Waals surface area contributed by atoms with E-state index in [1.165, 1.54) is 31.0 Å². The van der Waals surface area contributed by atoms with Crippen molar-refractivity contribution in [2.45, 2.75) is 26.7 Å². The molecule has 2 saturated heterocycles. The van der Waals surface area contributed by atoms with E-state index in [0.717, 1.165) is 31.4 Å². The third-order valence-electron chi connectivity index (χ3n) is 4.62. The van der Waals surface area contributed by atoms with Gasteiger partial charge in [0.1, 0.15) is 34.9 Å². The Morgan fingerprint density at radius 3 is 1.97 bits per heavy atom. The van der Waals surface area contributed by atoms with Crippen molar-refractivity contribution >= 4 is 18.3 Å². The highest BCUT2D eigenvalue weighted by Gasteiger charge is 2.36. The minimum Gasteiger partial charge on any atom is -0.407 e. The van der Waals surface area contributed by atoms with E-state index < -0.39 is 41.6 Å². The van der Waals surface area contributed by atoms with Crippen LogP contribution >= 0.6 is 0 Å². The van der Waals surface area contributed by atoms with Crippen molar-refractivity contribution in [3.8, 4) is 6.07 Å². The Kier molecular flexibility index (Phi) is 9.86. The third-order valence-corrected chi connectivity index (χ3v) is 4.62. The van der Waals surface area contributed by atoms with Gasteiger partial charge in [0.2, 0.25) is 0 Å². The molecular weight excluding hydrogens is 439 g/mol. The summed E-state index contributed by atoms with van der Waals surface area (Å²) < 4.78 is 67.6. The molecular formula is C23H23BF4N2O3. The molecule has 2 aromatic rings. The fourth-order valence-electron chi connectivity index (χ4n) is 2.83. The Hall–Kier alpha value is -2.92. The van der Waals surface area contributed by atoms with Crippen molar-refractivity contribution in [1.82, 2.24) is 0 Å². The molecule has 2 heterocycles. The lowest BCUT2D eigenvalue weighted by Crippen LogP contribution is -2.48. The lowest BCUT2D eigenvalue weighted by molar-refractivity contribution is 0.0340. The van der Waals surface area contributed by atoms with Gasteiger partial charge in [-0.15, -0.1) is 0 Å². The standard InChI is InChI=1S/C12H12BF2NO2.C7H3F2N.C4H8O/c1-12(2)6-17-13(18-7-12)8-4-5-9(14)11(16-3)10(8)15;8-6-2-1-3-7(9)5(6)4-10;1-2-4-5-3-1/h4-5H,6-7H2,1-2H3;1-3H;1-4H2. The largest absolute Gasteiger partial charge is 0.495 e. The van der Waals surface area contributed by atoms with E-state index in [1.807, 2.05) is 13.8 Å². The minimum absolute atomic E-state index is 0.0675. The topological polar surface area (TPSA) is 55.8 Å². The molecule has 5 nitrogen and oxygen atoms in total. The van der Waals surface area contributed by atoms with Crippen LogP contribution in [0.3, 0.4) is 0 Å². The van der Waals surface area contributed by atoms with E-state index in [1.54, 1.807) is 0 Å². The summed E-state index contributed by atoms with van der Waals surface area (Å²) in [4.78, 5) is 2.84. The van der Waals surface area contributed by atoms with Gasteiger partial charge >= 0.3 is 7.12 Å². The van der Waals surface area contributed by atoms with Crippen LogP contribution in [0, 0.1) is 46.6 Å². The molecule has 0 aliphatic carbocycles. The summed E-state index contributed by atoms with van der Waals surface area (Å²) in [5, 5.41) is 8.17. The summed E-state index contributed by atoms with van der Waals surface area (Å²) in [6.45, 7) is 13.5. The van der Waals surface area contributed by atoms with Gasteiger partial charge in [-0.25, -0.2) is 22.4 Å². The van der Waals surface area contributed by atoms with Crippen molar-refractivity contribution in [1.29, 1.82) is 5.26 Å². The summed E-state index contributed by atoms with van der Waals surface area (Å²) >= 11 is 0. The van der Waals surface area contributed by atoms with Crippen LogP contribution in [0.25, 0.3) is 4.85 Å². The highest BCUT2D eigenvalue weighted by atomic mass is 19.1. The first-order chi connectivity index (χ1) is 15.7. The molecule has 174 valence electrons. The third kappa shape index (κ3) is 7.57. The van der Waals surface area contributed by atoms with Crippen LogP contribution in [-0.4, -0.2) is 33.5 Å². The summed E-state index contributed by atoms with van der Waals surface area (Å²) in [6.07, 6.45) is 2.56. The Balaban J connectivity index is 0.000000213. The highest BCUT2D eigenvalue weighted by Crippen LogP contribution is 2.24. The van der Waals surface area contributed by atoms with Crippen LogP contribution < -0.4 is 5.46 Å². The second kappa shape index (κ2) is 12.4. The molecule has 0 unspecified atom stereocenters. The molecule has 0 radical (unpaired) electrons. The van der Waals surface area contributed by atoms with Gasteiger partial charge in [-0.05, 0) is 31.0 Å². The van der Waals surface area contributed by atoms with Crippen molar-refractivity contribution in [3.05, 3.63) is 70.6 Å². The molecule has 0 amide bonds. The summed E-state index contributed by atoms with van der Waals surface area (Å²) in [6, 6.07) is 7.02. The van der Waals surface area contributed by atoms with Gasteiger partial charge in [0, 0.05) is 37.3 Å². The Morgan fingerprint density at radius 1 is 0.970 bits per heavy atom. The van der Waals surface area contributed by atoms with Crippen molar-refractivity contribution < 1.29 is 31.6 Å². The number of hydrogen-bond acceptors (Lipinski definition) is 4. The van der Waals surface area contributed by atoms with E-state index in [-0.39, 0.29) is 10.9 Å². The average molecular weight is 462 g/mol. The zero-order valence-corrected chi connectivity index (χ0v) is 18.3. The van der Waals surface area contributed by atoms with Gasteiger partial charge in [0.05, 0.1) is 6.57 Å². The molecule has 33 heavy (non-hydrogen) atoms. The second-order valence-electron chi connectivity index (χ2n) is 8.06. The second-order valence-corrected chi connectivity index (χ2v) is 8.06. The summed E-state index contributed by atoms with van der Waals surface area (Å²) in [5.41, 5.74) is -1.21. The first-order valence-electron chi connectivity index (χ1n) is 10.2. The first kappa shape index (κ1) is 26.3. The molecule has 2 aliphatic rings. The minimum atomic E-state index is -0.908. The van der Waals surface area contributed by atoms with Gasteiger partial charge in [0.15, 0.2) is 0 Å². The fourth-order valence-corrected chi connectivity index (χ4v) is 2.83. The van der Waals surface area contributed by atoms with E-state index in [4.69, 9.17) is 25.9 Å². The number of benzene rings is 2. The van der Waals surface area contributed by atoms with Crippen molar-refractivity contribution in [2.24, 2.45) is 5.41 Å². The Bertz CT molecular complexity index is 996. The molecule has 0 spiro atoms. The fraction of sp³-hybridized carbons (Fsp3) is 0.391. The number of rotatable bonds is 1. The molecule has 2 aromatic carbocycles. The molecule has 4 rings (SSSR count). The predicted octanol–water partition coefficient (Wildman–Crippen LogP) is 4.92. The maximum absolute atomic E-state index is 13.9. The number of hydrogen-bond donors (Lipinski definition) is 0. The lowest BCUT2D eigenvalue weighted by Gasteiger charge is -2.33. The molecule has 0 N–H and O–H groups in total. The molecule has 2 aliphatic heterocycles. The molecule has 0 bridgehead atoms. The number of halogens is 4. The van der Waals surface area contributed by atoms with Gasteiger partial charge in [-0.2, -0.15) is 5.26 Å². The number of nitrogens with zero attached hydrogens (tertiary/aromatic N) is 2. The summed E-state index contributed by atoms with van der Waals surface area (Å²) in [5.74, 6) is -3.41. The predicted molar refractivity (Wildman–Crippen MR) is 115 cm³/mol. The molecule has 0 saturated carbocycles. The molecule has 10 heteroatoms. The summed E-state index contributed by atoms with van der Waals surface area (Å²) in [7, 11) is -0.876. The number of ether oxygens (including phenoxy) is 1. The van der Waals surface area contributed by atoms with E-state index in [2.05, 4.69) is 4.85 Å². The van der Waals surface area contributed by atoms with Gasteiger partial charge in [0.25, 0.3) is 5.69 Å². The molecule has 2 fully saturated rings. The molecule has 0 aromatic heterocycles. The lowest BCUT2D eigenvalue weighted by atomic mass is 9.75. The van der Waals surface area contributed by atoms with Crippen LogP contribution in [0.2, 0.25) is 0 Å². The van der Waals surface area contributed by atoms with Crippen molar-refractivity contribution in [2.75, 3.05) is 26.4 Å². The van der Waals surface area contributed by atoms with Crippen LogP contribution in [-0.2, 0) is 14.0 Å². The van der Waals surface area contributed by atoms with Gasteiger partial charge in [-0.1, -0.05) is 26.0 Å². The van der Waals surface area contributed by atoms with Crippen LogP contribution in [0.15, 0.2) is 30.3 Å². The average Bonchev–Trinajstić information content (AvgIpc) is 3.36. The van der Waals surface area contributed by atoms with Crippen LogP contribution in [0.4, 0.5) is 23.2 Å². The quantitative estimate of drug-likeness (QED) is 0.343. The van der Waals surface area contributed by atoms with Crippen LogP contribution in [0.5, 0.6) is 0 Å². The Morgan fingerprint density at radius 2 is 1.55 bits per heavy atom. The zero-order valence-electron chi connectivity index (χ0n) is 18.3. The smallest absolute Gasteiger partial charge is 0.407 e. The van der Waals surface area contributed by atoms with Gasteiger partial charge in [-0.3, -0.25) is 0 Å². The maximum atomic E-state index is 13.9. The molecule has 0 atom stereocenters. The van der Waals surface area contributed by atoms with E-state index >= 15 is 0 Å². The Labute approximate surface area is 190 Å². The highest BCUT2D eigenvalue weighted by molar-refractivity contribution is 6.61. The zero-order chi connectivity index (χ0) is 24.4. The number of nitriles is 1. The SMILES string of the molecule is C1CCOC1.N#Cc1c(F)cccc1F.[C-]#[N+]c1c(F)ccc(B2OCC(C)(C)CO2)c1F. The van der Waals surface area contributed by atoms with E-state index in [9.17, 15) is 17.6 Å². The van der Waals surface area contributed by atoms with E-state index in [0.29, 0.717) is 13.2 Å². The normalized spacial score (nSPS) is 16.4.